The monoisotopic (exact) mass is 415 g/mol. The number of nitrogens with zero attached hydrogens (tertiary/aromatic N) is 1. The van der Waals surface area contributed by atoms with Gasteiger partial charge in [0.15, 0.2) is 17.2 Å². The van der Waals surface area contributed by atoms with Gasteiger partial charge in [-0.15, -0.1) is 0 Å². The molecule has 160 valence electrons. The van der Waals surface area contributed by atoms with E-state index in [0.29, 0.717) is 5.75 Å². The summed E-state index contributed by atoms with van der Waals surface area (Å²) in [6.45, 7) is 4.61. The van der Waals surface area contributed by atoms with Gasteiger partial charge in [-0.25, -0.2) is 4.98 Å². The number of hydrogen-bond donors (Lipinski definition) is 0. The molecule has 1 heterocycles. The average molecular weight is 415 g/mol. The maximum absolute atomic E-state index is 12.7. The SMILES string of the molecule is COc1ccnc(C(=O)C[C@@H](C)C(=O)OC[C@H](C)Oc2ccccc2)c1OC(C)=O. The predicted molar refractivity (Wildman–Crippen MR) is 108 cm³/mol. The van der Waals surface area contributed by atoms with Crippen LogP contribution < -0.4 is 14.2 Å². The largest absolute Gasteiger partial charge is 0.493 e. The Hall–Kier alpha value is -3.42. The van der Waals surface area contributed by atoms with Gasteiger partial charge in [0, 0.05) is 25.6 Å². The highest BCUT2D eigenvalue weighted by Gasteiger charge is 2.25. The van der Waals surface area contributed by atoms with Crippen LogP contribution in [-0.2, 0) is 14.3 Å². The fourth-order valence-corrected chi connectivity index (χ4v) is 2.60. The fraction of sp³-hybridized carbons (Fsp3) is 0.364. The molecule has 0 spiro atoms. The van der Waals surface area contributed by atoms with Crippen LogP contribution in [0.5, 0.6) is 17.2 Å². The molecule has 8 nitrogen and oxygen atoms in total. The third-order valence-electron chi connectivity index (χ3n) is 4.03. The van der Waals surface area contributed by atoms with Gasteiger partial charge in [0.2, 0.25) is 5.75 Å². The summed E-state index contributed by atoms with van der Waals surface area (Å²) in [7, 11) is 1.38. The van der Waals surface area contributed by atoms with Crippen LogP contribution in [0.25, 0.3) is 0 Å². The lowest BCUT2D eigenvalue weighted by Gasteiger charge is -2.17. The van der Waals surface area contributed by atoms with Crippen molar-refractivity contribution in [3.05, 3.63) is 48.3 Å². The molecule has 0 aliphatic rings. The number of esters is 2. The highest BCUT2D eigenvalue weighted by atomic mass is 16.6. The van der Waals surface area contributed by atoms with Crippen LogP contribution in [0.2, 0.25) is 0 Å². The summed E-state index contributed by atoms with van der Waals surface area (Å²) in [4.78, 5) is 40.3. The molecule has 0 saturated carbocycles. The lowest BCUT2D eigenvalue weighted by Crippen LogP contribution is -2.25. The molecule has 0 saturated heterocycles. The highest BCUT2D eigenvalue weighted by molar-refractivity contribution is 5.99. The maximum Gasteiger partial charge on any atom is 0.309 e. The number of carbonyl (C=O) groups is 3. The molecule has 2 rings (SSSR count). The Bertz CT molecular complexity index is 882. The summed E-state index contributed by atoms with van der Waals surface area (Å²) in [5, 5.41) is 0. The number of para-hydroxylation sites is 1. The minimum atomic E-state index is -0.723. The van der Waals surface area contributed by atoms with Gasteiger partial charge in [-0.2, -0.15) is 0 Å². The van der Waals surface area contributed by atoms with Gasteiger partial charge < -0.3 is 18.9 Å². The van der Waals surface area contributed by atoms with E-state index in [0.717, 1.165) is 0 Å². The van der Waals surface area contributed by atoms with Crippen molar-refractivity contribution in [2.24, 2.45) is 5.92 Å². The Kier molecular flexibility index (Phi) is 8.34. The zero-order valence-corrected chi connectivity index (χ0v) is 17.4. The van der Waals surface area contributed by atoms with Gasteiger partial charge in [-0.1, -0.05) is 25.1 Å². The first-order valence-electron chi connectivity index (χ1n) is 9.44. The predicted octanol–water partition coefficient (Wildman–Crippen LogP) is 3.24. The molecule has 0 fully saturated rings. The number of benzene rings is 1. The van der Waals surface area contributed by atoms with Crippen molar-refractivity contribution in [3.63, 3.8) is 0 Å². The van der Waals surface area contributed by atoms with Crippen molar-refractivity contribution in [1.82, 2.24) is 4.98 Å². The van der Waals surface area contributed by atoms with Crippen molar-refractivity contribution >= 4 is 17.7 Å². The minimum Gasteiger partial charge on any atom is -0.493 e. The number of carbonyl (C=O) groups excluding carboxylic acids is 3. The summed E-state index contributed by atoms with van der Waals surface area (Å²) < 4.78 is 21.1. The van der Waals surface area contributed by atoms with E-state index in [1.165, 1.54) is 26.3 Å². The third-order valence-corrected chi connectivity index (χ3v) is 4.03. The number of rotatable bonds is 10. The van der Waals surface area contributed by atoms with Crippen LogP contribution in [0.4, 0.5) is 0 Å². The van der Waals surface area contributed by atoms with E-state index in [2.05, 4.69) is 4.98 Å². The molecule has 0 aliphatic carbocycles. The van der Waals surface area contributed by atoms with Gasteiger partial charge in [0.05, 0.1) is 13.0 Å². The van der Waals surface area contributed by atoms with Crippen LogP contribution >= 0.6 is 0 Å². The number of hydrogen-bond acceptors (Lipinski definition) is 8. The van der Waals surface area contributed by atoms with Gasteiger partial charge in [-0.05, 0) is 19.1 Å². The van der Waals surface area contributed by atoms with E-state index < -0.39 is 23.6 Å². The number of pyridine rings is 1. The van der Waals surface area contributed by atoms with Crippen molar-refractivity contribution in [3.8, 4) is 17.2 Å². The number of Topliss-reactive ketones (excluding diaryl/α,β-unsaturated/α-hetero) is 1. The smallest absolute Gasteiger partial charge is 0.309 e. The molecule has 1 aromatic carbocycles. The first-order chi connectivity index (χ1) is 14.3. The molecule has 2 aromatic rings. The molecule has 0 unspecified atom stereocenters. The van der Waals surface area contributed by atoms with Crippen LogP contribution in [0.1, 0.15) is 37.7 Å². The van der Waals surface area contributed by atoms with E-state index in [1.54, 1.807) is 26.0 Å². The van der Waals surface area contributed by atoms with Crippen LogP contribution in [0.15, 0.2) is 42.6 Å². The lowest BCUT2D eigenvalue weighted by molar-refractivity contribution is -0.150. The van der Waals surface area contributed by atoms with Crippen molar-refractivity contribution in [2.75, 3.05) is 13.7 Å². The van der Waals surface area contributed by atoms with E-state index in [1.807, 2.05) is 18.2 Å². The Labute approximate surface area is 175 Å². The van der Waals surface area contributed by atoms with Gasteiger partial charge in [0.25, 0.3) is 0 Å². The average Bonchev–Trinajstić information content (AvgIpc) is 2.72. The van der Waals surface area contributed by atoms with Crippen LogP contribution in [0, 0.1) is 5.92 Å². The van der Waals surface area contributed by atoms with E-state index in [4.69, 9.17) is 18.9 Å². The van der Waals surface area contributed by atoms with Crippen LogP contribution in [-0.4, -0.2) is 42.5 Å². The molecule has 0 radical (unpaired) electrons. The quantitative estimate of drug-likeness (QED) is 0.431. The zero-order valence-electron chi connectivity index (χ0n) is 17.4. The third kappa shape index (κ3) is 6.58. The van der Waals surface area contributed by atoms with Crippen molar-refractivity contribution < 1.29 is 33.3 Å². The van der Waals surface area contributed by atoms with Gasteiger partial charge in [-0.3, -0.25) is 14.4 Å². The molecule has 30 heavy (non-hydrogen) atoms. The molecule has 8 heteroatoms. The second kappa shape index (κ2) is 10.9. The summed E-state index contributed by atoms with van der Waals surface area (Å²) in [5.41, 5.74) is -0.0787. The second-order valence-electron chi connectivity index (χ2n) is 6.68. The van der Waals surface area contributed by atoms with E-state index in [9.17, 15) is 14.4 Å². The normalized spacial score (nSPS) is 12.4. The Morgan fingerprint density at radius 1 is 1.07 bits per heavy atom. The molecule has 1 aromatic heterocycles. The number of ketones is 1. The maximum atomic E-state index is 12.7. The molecule has 0 amide bonds. The molecule has 0 bridgehead atoms. The summed E-state index contributed by atoms with van der Waals surface area (Å²) >= 11 is 0. The minimum absolute atomic E-state index is 0.0440. The number of aromatic nitrogens is 1. The second-order valence-corrected chi connectivity index (χ2v) is 6.68. The number of ether oxygens (including phenoxy) is 4. The molecule has 0 aliphatic heterocycles. The van der Waals surface area contributed by atoms with Gasteiger partial charge >= 0.3 is 11.9 Å². The van der Waals surface area contributed by atoms with Crippen molar-refractivity contribution in [1.29, 1.82) is 0 Å². The van der Waals surface area contributed by atoms with Gasteiger partial charge in [0.1, 0.15) is 18.5 Å². The number of methoxy groups -OCH3 is 1. The molecule has 0 N–H and O–H groups in total. The standard InChI is InChI=1S/C22H25NO7/c1-14(22(26)28-13-15(2)29-17-8-6-5-7-9-17)12-18(25)20-21(30-16(3)24)19(27-4)10-11-23-20/h5-11,14-15H,12-13H2,1-4H3/t14-,15+/m1/s1. The molecular weight excluding hydrogens is 390 g/mol. The summed E-state index contributed by atoms with van der Waals surface area (Å²) in [6, 6.07) is 10.7. The first kappa shape index (κ1) is 22.9. The Balaban J connectivity index is 1.95. The lowest BCUT2D eigenvalue weighted by atomic mass is 10.0. The molecule has 2 atom stereocenters. The van der Waals surface area contributed by atoms with E-state index >= 15 is 0 Å². The fourth-order valence-electron chi connectivity index (χ4n) is 2.60. The summed E-state index contributed by atoms with van der Waals surface area (Å²) in [6.07, 6.45) is 0.848. The molecular formula is C22H25NO7. The van der Waals surface area contributed by atoms with Crippen molar-refractivity contribution in [2.45, 2.75) is 33.3 Å². The first-order valence-corrected chi connectivity index (χ1v) is 9.44. The summed E-state index contributed by atoms with van der Waals surface area (Å²) in [5.74, 6) is -1.54. The topological polar surface area (TPSA) is 101 Å². The Morgan fingerprint density at radius 3 is 2.40 bits per heavy atom. The zero-order chi connectivity index (χ0) is 22.1. The highest BCUT2D eigenvalue weighted by Crippen LogP contribution is 2.31. The van der Waals surface area contributed by atoms with Crippen LogP contribution in [0.3, 0.4) is 0 Å². The Morgan fingerprint density at radius 2 is 1.77 bits per heavy atom. The van der Waals surface area contributed by atoms with E-state index in [-0.39, 0.29) is 36.3 Å².